The highest BCUT2D eigenvalue weighted by atomic mass is 19.4. The predicted molar refractivity (Wildman–Crippen MR) is 73.7 cm³/mol. The molecular weight excluding hydrogens is 333 g/mol. The monoisotopic (exact) mass is 344 g/mol. The van der Waals surface area contributed by atoms with E-state index in [1.165, 1.54) is 6.92 Å². The summed E-state index contributed by atoms with van der Waals surface area (Å²) >= 11 is 0. The summed E-state index contributed by atoms with van der Waals surface area (Å²) in [5.41, 5.74) is -2.29. The number of hydrogen-bond acceptors (Lipinski definition) is 6. The van der Waals surface area contributed by atoms with Gasteiger partial charge in [0.1, 0.15) is 5.69 Å². The van der Waals surface area contributed by atoms with Gasteiger partial charge in [0, 0.05) is 6.07 Å². The lowest BCUT2D eigenvalue weighted by atomic mass is 10.1. The topological polar surface area (TPSA) is 100 Å². The Morgan fingerprint density at radius 3 is 2.62 bits per heavy atom. The van der Waals surface area contributed by atoms with Crippen LogP contribution in [0.3, 0.4) is 0 Å². The Hall–Kier alpha value is -2.98. The molecule has 0 spiro atoms. The van der Waals surface area contributed by atoms with Gasteiger partial charge in [-0.25, -0.2) is 9.48 Å². The lowest BCUT2D eigenvalue weighted by Crippen LogP contribution is -2.10. The molecule has 0 aliphatic heterocycles. The van der Waals surface area contributed by atoms with Crippen LogP contribution in [-0.2, 0) is 10.9 Å². The first kappa shape index (κ1) is 17.4. The van der Waals surface area contributed by atoms with Gasteiger partial charge in [-0.2, -0.15) is 13.2 Å². The van der Waals surface area contributed by atoms with E-state index in [4.69, 9.17) is 4.74 Å². The number of halogens is 3. The number of carbonyl (C=O) groups is 1. The minimum Gasteiger partial charge on any atom is -0.461 e. The zero-order valence-electron chi connectivity index (χ0n) is 12.5. The summed E-state index contributed by atoms with van der Waals surface area (Å²) < 4.78 is 43.8. The third-order valence-electron chi connectivity index (χ3n) is 3.09. The van der Waals surface area contributed by atoms with E-state index in [9.17, 15) is 28.1 Å². The minimum absolute atomic E-state index is 0.0888. The number of ether oxygens (including phenoxy) is 1. The molecule has 0 saturated heterocycles. The maximum atomic E-state index is 12.7. The van der Waals surface area contributed by atoms with Crippen LogP contribution >= 0.6 is 0 Å². The standard InChI is InChI=1S/C13H11F3N4O4/c1-3-24-12(21)11-7(2)19(18-17-11)9-5-4-8(13(14,15)16)6-10(9)20(22)23/h4-6H,3H2,1-2H3. The first-order valence-corrected chi connectivity index (χ1v) is 6.62. The van der Waals surface area contributed by atoms with E-state index in [1.54, 1.807) is 6.92 Å². The maximum Gasteiger partial charge on any atom is 0.416 e. The predicted octanol–water partition coefficient (Wildman–Crippen LogP) is 2.68. The number of rotatable bonds is 4. The lowest BCUT2D eigenvalue weighted by Gasteiger charge is -2.09. The largest absolute Gasteiger partial charge is 0.461 e. The number of nitro benzene ring substituents is 1. The molecule has 1 heterocycles. The number of aromatic nitrogens is 3. The van der Waals surface area contributed by atoms with Crippen molar-refractivity contribution in [3.8, 4) is 5.69 Å². The smallest absolute Gasteiger partial charge is 0.416 e. The molecule has 128 valence electrons. The quantitative estimate of drug-likeness (QED) is 0.480. The van der Waals surface area contributed by atoms with E-state index in [-0.39, 0.29) is 23.7 Å². The number of alkyl halides is 3. The van der Waals surface area contributed by atoms with Crippen LogP contribution in [0.25, 0.3) is 5.69 Å². The third kappa shape index (κ3) is 3.19. The van der Waals surface area contributed by atoms with Crippen LogP contribution in [0.15, 0.2) is 18.2 Å². The van der Waals surface area contributed by atoms with Crippen molar-refractivity contribution in [1.29, 1.82) is 0 Å². The van der Waals surface area contributed by atoms with Crippen LogP contribution in [0.4, 0.5) is 18.9 Å². The SMILES string of the molecule is CCOC(=O)c1nnn(-c2ccc(C(F)(F)F)cc2[N+](=O)[O-])c1C. The highest BCUT2D eigenvalue weighted by Crippen LogP contribution is 2.34. The van der Waals surface area contributed by atoms with E-state index >= 15 is 0 Å². The Bertz CT molecular complexity index is 801. The molecule has 0 amide bonds. The average molecular weight is 344 g/mol. The molecule has 0 aliphatic carbocycles. The molecule has 1 aromatic carbocycles. The normalized spacial score (nSPS) is 11.4. The van der Waals surface area contributed by atoms with E-state index in [1.807, 2.05) is 0 Å². The van der Waals surface area contributed by atoms with Gasteiger partial charge in [-0.05, 0) is 26.0 Å². The van der Waals surface area contributed by atoms with Crippen LogP contribution < -0.4 is 0 Å². The molecule has 0 N–H and O–H groups in total. The Labute approximate surface area is 133 Å². The summed E-state index contributed by atoms with van der Waals surface area (Å²) in [5, 5.41) is 18.3. The molecule has 8 nitrogen and oxygen atoms in total. The Morgan fingerprint density at radius 1 is 1.42 bits per heavy atom. The Morgan fingerprint density at radius 2 is 2.08 bits per heavy atom. The number of nitrogens with zero attached hydrogens (tertiary/aromatic N) is 4. The van der Waals surface area contributed by atoms with Crippen LogP contribution in [-0.4, -0.2) is 32.5 Å². The summed E-state index contributed by atoms with van der Waals surface area (Å²) in [6, 6.07) is 1.99. The van der Waals surface area contributed by atoms with Gasteiger partial charge < -0.3 is 4.74 Å². The summed E-state index contributed by atoms with van der Waals surface area (Å²) in [5.74, 6) is -0.782. The van der Waals surface area contributed by atoms with E-state index < -0.39 is 28.3 Å². The number of hydrogen-bond donors (Lipinski definition) is 0. The summed E-state index contributed by atoms with van der Waals surface area (Å²) in [4.78, 5) is 21.8. The van der Waals surface area contributed by atoms with Gasteiger partial charge in [0.05, 0.1) is 22.8 Å². The molecule has 24 heavy (non-hydrogen) atoms. The first-order valence-electron chi connectivity index (χ1n) is 6.62. The van der Waals surface area contributed by atoms with E-state index in [2.05, 4.69) is 10.3 Å². The number of nitro groups is 1. The van der Waals surface area contributed by atoms with Gasteiger partial charge in [-0.3, -0.25) is 10.1 Å². The first-order chi connectivity index (χ1) is 11.2. The highest BCUT2D eigenvalue weighted by Gasteiger charge is 2.34. The van der Waals surface area contributed by atoms with Gasteiger partial charge in [-0.15, -0.1) is 5.10 Å². The fourth-order valence-electron chi connectivity index (χ4n) is 1.97. The molecule has 2 aromatic rings. The molecular formula is C13H11F3N4O4. The van der Waals surface area contributed by atoms with Crippen LogP contribution in [0.5, 0.6) is 0 Å². The number of esters is 1. The van der Waals surface area contributed by atoms with Crippen molar-refractivity contribution < 1.29 is 27.6 Å². The van der Waals surface area contributed by atoms with Gasteiger partial charge >= 0.3 is 12.1 Å². The maximum absolute atomic E-state index is 12.7. The fraction of sp³-hybridized carbons (Fsp3) is 0.308. The molecule has 0 bridgehead atoms. The molecule has 2 rings (SSSR count). The zero-order valence-corrected chi connectivity index (χ0v) is 12.5. The Kier molecular flexibility index (Phi) is 4.53. The Balaban J connectivity index is 2.57. The fourth-order valence-corrected chi connectivity index (χ4v) is 1.97. The van der Waals surface area contributed by atoms with Crippen molar-refractivity contribution >= 4 is 11.7 Å². The van der Waals surface area contributed by atoms with Gasteiger partial charge in [0.2, 0.25) is 0 Å². The molecule has 11 heteroatoms. The van der Waals surface area contributed by atoms with Crippen LogP contribution in [0.2, 0.25) is 0 Å². The summed E-state index contributed by atoms with van der Waals surface area (Å²) in [7, 11) is 0. The highest BCUT2D eigenvalue weighted by molar-refractivity contribution is 5.88. The van der Waals surface area contributed by atoms with Crippen molar-refractivity contribution in [2.75, 3.05) is 6.61 Å². The second-order valence-corrected chi connectivity index (χ2v) is 4.61. The van der Waals surface area contributed by atoms with Crippen molar-refractivity contribution in [2.24, 2.45) is 0 Å². The second kappa shape index (κ2) is 6.26. The van der Waals surface area contributed by atoms with Crippen molar-refractivity contribution in [1.82, 2.24) is 15.0 Å². The molecule has 0 saturated carbocycles. The lowest BCUT2D eigenvalue weighted by molar-refractivity contribution is -0.384. The van der Waals surface area contributed by atoms with E-state index in [0.29, 0.717) is 12.1 Å². The van der Waals surface area contributed by atoms with Crippen molar-refractivity contribution in [3.05, 3.63) is 45.3 Å². The van der Waals surface area contributed by atoms with Crippen LogP contribution in [0, 0.1) is 17.0 Å². The van der Waals surface area contributed by atoms with Gasteiger partial charge in [0.15, 0.2) is 5.69 Å². The molecule has 0 atom stereocenters. The van der Waals surface area contributed by atoms with Crippen LogP contribution in [0.1, 0.15) is 28.7 Å². The zero-order chi connectivity index (χ0) is 18.1. The molecule has 1 aromatic heterocycles. The van der Waals surface area contributed by atoms with Gasteiger partial charge in [0.25, 0.3) is 5.69 Å². The summed E-state index contributed by atoms with van der Waals surface area (Å²) in [6.07, 6.45) is -4.73. The summed E-state index contributed by atoms with van der Waals surface area (Å²) in [6.45, 7) is 3.07. The molecule has 0 aliphatic rings. The third-order valence-corrected chi connectivity index (χ3v) is 3.09. The molecule has 0 unspecified atom stereocenters. The molecule has 0 radical (unpaired) electrons. The minimum atomic E-state index is -4.73. The average Bonchev–Trinajstić information content (AvgIpc) is 2.87. The van der Waals surface area contributed by atoms with Crippen molar-refractivity contribution in [3.63, 3.8) is 0 Å². The second-order valence-electron chi connectivity index (χ2n) is 4.61. The number of benzene rings is 1. The molecule has 0 fully saturated rings. The van der Waals surface area contributed by atoms with Gasteiger partial charge in [-0.1, -0.05) is 5.21 Å². The number of carbonyl (C=O) groups excluding carboxylic acids is 1. The van der Waals surface area contributed by atoms with E-state index in [0.717, 1.165) is 10.7 Å². The van der Waals surface area contributed by atoms with Crippen molar-refractivity contribution in [2.45, 2.75) is 20.0 Å².